The van der Waals surface area contributed by atoms with Gasteiger partial charge in [0.1, 0.15) is 11.5 Å². The largest absolute Gasteiger partial charge is 0.457 e. The molecule has 27 heavy (non-hydrogen) atoms. The van der Waals surface area contributed by atoms with E-state index < -0.39 is 0 Å². The molecule has 0 aliphatic rings. The van der Waals surface area contributed by atoms with Gasteiger partial charge in [-0.2, -0.15) is 0 Å². The van der Waals surface area contributed by atoms with Crippen molar-refractivity contribution < 1.29 is 9.53 Å². The van der Waals surface area contributed by atoms with Gasteiger partial charge in [0.15, 0.2) is 0 Å². The van der Waals surface area contributed by atoms with Crippen LogP contribution in [0.3, 0.4) is 0 Å². The van der Waals surface area contributed by atoms with E-state index in [2.05, 4.69) is 16.3 Å². The molecule has 0 atom stereocenters. The summed E-state index contributed by atoms with van der Waals surface area (Å²) in [6, 6.07) is 24.9. The van der Waals surface area contributed by atoms with Crippen molar-refractivity contribution >= 4 is 5.91 Å². The molecular weight excluding hydrogens is 336 g/mol. The fourth-order valence-electron chi connectivity index (χ4n) is 2.85. The number of hydrogen-bond acceptors (Lipinski definition) is 3. The number of hydrogen-bond donors (Lipinski definition) is 1. The first kappa shape index (κ1) is 18.7. The maximum atomic E-state index is 12.8. The van der Waals surface area contributed by atoms with Gasteiger partial charge in [-0.3, -0.25) is 4.79 Å². The molecule has 1 amide bonds. The zero-order valence-corrected chi connectivity index (χ0v) is 15.7. The summed E-state index contributed by atoms with van der Waals surface area (Å²) in [5, 5.41) is 3.02. The van der Waals surface area contributed by atoms with E-state index in [-0.39, 0.29) is 5.91 Å². The Morgan fingerprint density at radius 3 is 2.22 bits per heavy atom. The molecule has 0 saturated heterocycles. The van der Waals surface area contributed by atoms with Crippen LogP contribution in [-0.2, 0) is 13.1 Å². The number of ether oxygens (including phenoxy) is 1. The highest BCUT2D eigenvalue weighted by atomic mass is 16.5. The molecule has 0 aromatic heterocycles. The number of amides is 1. The number of carbonyl (C=O) groups excluding carboxylic acids is 1. The number of nitrogens with zero attached hydrogens (tertiary/aromatic N) is 1. The van der Waals surface area contributed by atoms with Gasteiger partial charge in [0, 0.05) is 13.1 Å². The van der Waals surface area contributed by atoms with Gasteiger partial charge in [-0.15, -0.1) is 0 Å². The lowest BCUT2D eigenvalue weighted by Crippen LogP contribution is -2.24. The summed E-state index contributed by atoms with van der Waals surface area (Å²) in [5.41, 5.74) is 2.84. The van der Waals surface area contributed by atoms with Crippen molar-refractivity contribution in [1.82, 2.24) is 10.2 Å². The number of carbonyl (C=O) groups is 1. The van der Waals surface area contributed by atoms with E-state index in [0.29, 0.717) is 23.6 Å². The fourth-order valence-corrected chi connectivity index (χ4v) is 2.85. The average molecular weight is 360 g/mol. The molecule has 3 aromatic carbocycles. The van der Waals surface area contributed by atoms with Crippen LogP contribution in [0.2, 0.25) is 0 Å². The monoisotopic (exact) mass is 360 g/mol. The van der Waals surface area contributed by atoms with Gasteiger partial charge < -0.3 is 15.0 Å². The Balaban J connectivity index is 1.72. The Morgan fingerprint density at radius 1 is 0.852 bits per heavy atom. The lowest BCUT2D eigenvalue weighted by Gasteiger charge is -2.15. The molecule has 0 fully saturated rings. The first-order valence-electron chi connectivity index (χ1n) is 8.95. The minimum atomic E-state index is -0.152. The highest BCUT2D eigenvalue weighted by Crippen LogP contribution is 2.25. The first-order chi connectivity index (χ1) is 13.1. The van der Waals surface area contributed by atoms with Gasteiger partial charge >= 0.3 is 0 Å². The van der Waals surface area contributed by atoms with Crippen molar-refractivity contribution in [3.63, 3.8) is 0 Å². The summed E-state index contributed by atoms with van der Waals surface area (Å²) >= 11 is 0. The van der Waals surface area contributed by atoms with Crippen LogP contribution >= 0.6 is 0 Å². The van der Waals surface area contributed by atoms with E-state index in [4.69, 9.17) is 4.74 Å². The normalized spacial score (nSPS) is 10.6. The molecule has 4 heteroatoms. The molecule has 0 aliphatic heterocycles. The second kappa shape index (κ2) is 9.01. The van der Waals surface area contributed by atoms with Crippen LogP contribution in [0.15, 0.2) is 78.9 Å². The van der Waals surface area contributed by atoms with E-state index >= 15 is 0 Å². The lowest BCUT2D eigenvalue weighted by molar-refractivity contribution is 0.0948. The standard InChI is InChI=1S/C23H24N2O2/c1-25(2)17-19-11-7-6-10-18(19)16-24-23(26)21-14-8-9-15-22(21)27-20-12-4-3-5-13-20/h3-15H,16-17H2,1-2H3,(H,24,26). The van der Waals surface area contributed by atoms with Crippen LogP contribution in [0.25, 0.3) is 0 Å². The molecule has 0 radical (unpaired) electrons. The highest BCUT2D eigenvalue weighted by Gasteiger charge is 2.13. The third kappa shape index (κ3) is 5.19. The summed E-state index contributed by atoms with van der Waals surface area (Å²) in [4.78, 5) is 14.9. The first-order valence-corrected chi connectivity index (χ1v) is 8.95. The highest BCUT2D eigenvalue weighted by molar-refractivity contribution is 5.97. The summed E-state index contributed by atoms with van der Waals surface area (Å²) in [6.45, 7) is 1.31. The second-order valence-electron chi connectivity index (χ2n) is 6.60. The molecule has 1 N–H and O–H groups in total. The van der Waals surface area contributed by atoms with Gasteiger partial charge in [0.05, 0.1) is 5.56 Å². The minimum Gasteiger partial charge on any atom is -0.457 e. The van der Waals surface area contributed by atoms with Gasteiger partial charge in [0.25, 0.3) is 5.91 Å². The van der Waals surface area contributed by atoms with Crippen LogP contribution < -0.4 is 10.1 Å². The van der Waals surface area contributed by atoms with Crippen molar-refractivity contribution in [2.75, 3.05) is 14.1 Å². The molecule has 0 unspecified atom stereocenters. The van der Waals surface area contributed by atoms with E-state index in [9.17, 15) is 4.79 Å². The van der Waals surface area contributed by atoms with E-state index in [1.54, 1.807) is 6.07 Å². The predicted molar refractivity (Wildman–Crippen MR) is 108 cm³/mol. The second-order valence-corrected chi connectivity index (χ2v) is 6.60. The molecule has 0 saturated carbocycles. The Hall–Kier alpha value is -3.11. The Labute approximate surface area is 160 Å². The molecule has 0 spiro atoms. The van der Waals surface area contributed by atoms with E-state index in [1.807, 2.05) is 80.8 Å². The van der Waals surface area contributed by atoms with Crippen molar-refractivity contribution in [3.8, 4) is 11.5 Å². The fraction of sp³-hybridized carbons (Fsp3) is 0.174. The van der Waals surface area contributed by atoms with Crippen molar-refractivity contribution in [2.24, 2.45) is 0 Å². The predicted octanol–water partition coefficient (Wildman–Crippen LogP) is 4.47. The van der Waals surface area contributed by atoms with E-state index in [0.717, 1.165) is 12.1 Å². The maximum Gasteiger partial charge on any atom is 0.255 e. The molecule has 3 aromatic rings. The summed E-state index contributed by atoms with van der Waals surface area (Å²) in [5.74, 6) is 1.10. The average Bonchev–Trinajstić information content (AvgIpc) is 2.68. The van der Waals surface area contributed by atoms with Crippen molar-refractivity contribution in [2.45, 2.75) is 13.1 Å². The van der Waals surface area contributed by atoms with Gasteiger partial charge in [-0.25, -0.2) is 0 Å². The number of benzene rings is 3. The molecule has 4 nitrogen and oxygen atoms in total. The molecule has 138 valence electrons. The third-order valence-electron chi connectivity index (χ3n) is 4.15. The zero-order valence-electron chi connectivity index (χ0n) is 15.7. The Morgan fingerprint density at radius 2 is 1.48 bits per heavy atom. The Bertz CT molecular complexity index is 892. The molecule has 0 aliphatic carbocycles. The molecule has 0 heterocycles. The lowest BCUT2D eigenvalue weighted by atomic mass is 10.1. The number of rotatable bonds is 7. The van der Waals surface area contributed by atoms with E-state index in [1.165, 1.54) is 5.56 Å². The van der Waals surface area contributed by atoms with Crippen LogP contribution in [-0.4, -0.2) is 24.9 Å². The van der Waals surface area contributed by atoms with Gasteiger partial charge in [0.2, 0.25) is 0 Å². The zero-order chi connectivity index (χ0) is 19.1. The maximum absolute atomic E-state index is 12.8. The van der Waals surface area contributed by atoms with Crippen LogP contribution in [0.5, 0.6) is 11.5 Å². The number of nitrogens with one attached hydrogen (secondary N) is 1. The van der Waals surface area contributed by atoms with Gasteiger partial charge in [-0.1, -0.05) is 54.6 Å². The van der Waals surface area contributed by atoms with Crippen molar-refractivity contribution in [1.29, 1.82) is 0 Å². The summed E-state index contributed by atoms with van der Waals surface area (Å²) < 4.78 is 5.89. The smallest absolute Gasteiger partial charge is 0.255 e. The topological polar surface area (TPSA) is 41.6 Å². The Kier molecular flexibility index (Phi) is 6.23. The SMILES string of the molecule is CN(C)Cc1ccccc1CNC(=O)c1ccccc1Oc1ccccc1. The molecule has 3 rings (SSSR count). The minimum absolute atomic E-state index is 0.152. The quantitative estimate of drug-likeness (QED) is 0.676. The van der Waals surface area contributed by atoms with Crippen LogP contribution in [0, 0.1) is 0 Å². The summed E-state index contributed by atoms with van der Waals surface area (Å²) in [6.07, 6.45) is 0. The third-order valence-corrected chi connectivity index (χ3v) is 4.15. The number of para-hydroxylation sites is 2. The van der Waals surface area contributed by atoms with Gasteiger partial charge in [-0.05, 0) is 49.5 Å². The van der Waals surface area contributed by atoms with Crippen molar-refractivity contribution in [3.05, 3.63) is 95.6 Å². The molecule has 0 bridgehead atoms. The summed E-state index contributed by atoms with van der Waals surface area (Å²) in [7, 11) is 4.07. The van der Waals surface area contributed by atoms with Crippen LogP contribution in [0.4, 0.5) is 0 Å². The van der Waals surface area contributed by atoms with Crippen LogP contribution in [0.1, 0.15) is 21.5 Å². The molecular formula is C23H24N2O2.